The Labute approximate surface area is 189 Å². The summed E-state index contributed by atoms with van der Waals surface area (Å²) >= 11 is 0. The highest BCUT2D eigenvalue weighted by Gasteiger charge is 2.12. The highest BCUT2D eigenvalue weighted by Crippen LogP contribution is 2.17. The average molecular weight is 434 g/mol. The highest BCUT2D eigenvalue weighted by atomic mass is 16.5. The molecule has 0 spiro atoms. The van der Waals surface area contributed by atoms with Crippen molar-refractivity contribution in [3.05, 3.63) is 76.6 Å². The first-order valence-corrected chi connectivity index (χ1v) is 10.8. The number of nitrogens with one attached hydrogen (secondary N) is 2. The molecule has 0 aliphatic carbocycles. The molecule has 3 aromatic rings. The fourth-order valence-electron chi connectivity index (χ4n) is 3.46. The number of hydrogen-bond donors (Lipinski definition) is 2. The molecule has 0 fully saturated rings. The summed E-state index contributed by atoms with van der Waals surface area (Å²) in [6, 6.07) is 13.3. The van der Waals surface area contributed by atoms with Crippen LogP contribution >= 0.6 is 0 Å². The second-order valence-corrected chi connectivity index (χ2v) is 7.86. The van der Waals surface area contributed by atoms with Crippen molar-refractivity contribution in [2.45, 2.75) is 47.2 Å². The molecule has 2 aromatic carbocycles. The van der Waals surface area contributed by atoms with E-state index in [1.807, 2.05) is 74.1 Å². The maximum absolute atomic E-state index is 13.0. The van der Waals surface area contributed by atoms with Crippen LogP contribution < -0.4 is 15.4 Å². The molecular weight excluding hydrogens is 402 g/mol. The Hall–Kier alpha value is -3.61. The van der Waals surface area contributed by atoms with Crippen molar-refractivity contribution in [1.29, 1.82) is 0 Å². The van der Waals surface area contributed by atoms with E-state index in [0.717, 1.165) is 41.0 Å². The minimum Gasteiger partial charge on any atom is -0.497 e. The number of carbonyl (C=O) groups is 1. The number of rotatable bonds is 7. The zero-order valence-electron chi connectivity index (χ0n) is 19.4. The molecule has 0 saturated heterocycles. The molecule has 0 radical (unpaired) electrons. The predicted octanol–water partition coefficient (Wildman–Crippen LogP) is 4.63. The normalized spacial score (nSPS) is 11.3. The smallest absolute Gasteiger partial charge is 0.257 e. The molecule has 1 amide bonds. The molecular formula is C25H31N5O2. The van der Waals surface area contributed by atoms with E-state index >= 15 is 0 Å². The van der Waals surface area contributed by atoms with Gasteiger partial charge >= 0.3 is 0 Å². The van der Waals surface area contributed by atoms with Gasteiger partial charge in [-0.15, -0.1) is 0 Å². The van der Waals surface area contributed by atoms with Crippen LogP contribution in [-0.4, -0.2) is 28.8 Å². The molecule has 1 aromatic heterocycles. The number of benzene rings is 2. The Morgan fingerprint density at radius 2 is 1.88 bits per heavy atom. The molecule has 0 bridgehead atoms. The summed E-state index contributed by atoms with van der Waals surface area (Å²) < 4.78 is 7.24. The third-order valence-corrected chi connectivity index (χ3v) is 4.96. The first-order valence-electron chi connectivity index (χ1n) is 10.8. The number of methoxy groups -OCH3 is 1. The quantitative estimate of drug-likeness (QED) is 0.421. The molecule has 3 rings (SSSR count). The van der Waals surface area contributed by atoms with E-state index in [2.05, 4.69) is 27.6 Å². The van der Waals surface area contributed by atoms with E-state index < -0.39 is 0 Å². The number of aryl methyl sites for hydroxylation is 4. The van der Waals surface area contributed by atoms with Crippen molar-refractivity contribution < 1.29 is 9.53 Å². The van der Waals surface area contributed by atoms with Crippen LogP contribution in [0.1, 0.15) is 46.1 Å². The lowest BCUT2D eigenvalue weighted by Gasteiger charge is -2.13. The maximum atomic E-state index is 13.0. The summed E-state index contributed by atoms with van der Waals surface area (Å²) in [5.41, 5.74) is 5.38. The number of hydrogen-bond acceptors (Lipinski definition) is 4. The summed E-state index contributed by atoms with van der Waals surface area (Å²) in [5, 5.41) is 10.7. The summed E-state index contributed by atoms with van der Waals surface area (Å²) in [6.45, 7) is 9.31. The summed E-state index contributed by atoms with van der Waals surface area (Å²) in [6.07, 6.45) is 3.02. The first kappa shape index (κ1) is 23.1. The van der Waals surface area contributed by atoms with Gasteiger partial charge in [0.15, 0.2) is 0 Å². The van der Waals surface area contributed by atoms with Crippen molar-refractivity contribution in [2.24, 2.45) is 4.99 Å². The monoisotopic (exact) mass is 433 g/mol. The van der Waals surface area contributed by atoms with Gasteiger partial charge < -0.3 is 10.1 Å². The zero-order valence-corrected chi connectivity index (χ0v) is 19.4. The fourth-order valence-corrected chi connectivity index (χ4v) is 3.46. The van der Waals surface area contributed by atoms with Crippen LogP contribution in [0.4, 0.5) is 5.69 Å². The fraction of sp³-hybridized carbons (Fsp3) is 0.320. The van der Waals surface area contributed by atoms with Crippen LogP contribution in [0.3, 0.4) is 0 Å². The third-order valence-electron chi connectivity index (χ3n) is 4.96. The molecule has 0 unspecified atom stereocenters. The molecule has 0 aliphatic rings. The van der Waals surface area contributed by atoms with Gasteiger partial charge in [0.05, 0.1) is 19.3 Å². The average Bonchev–Trinajstić information content (AvgIpc) is 3.10. The predicted molar refractivity (Wildman–Crippen MR) is 128 cm³/mol. The van der Waals surface area contributed by atoms with Gasteiger partial charge in [-0.3, -0.25) is 14.8 Å². The Kier molecular flexibility index (Phi) is 7.65. The second kappa shape index (κ2) is 10.6. The zero-order chi connectivity index (χ0) is 23.1. The van der Waals surface area contributed by atoms with Gasteiger partial charge in [0, 0.05) is 35.6 Å². The number of anilines is 1. The minimum absolute atomic E-state index is 0.218. The Bertz CT molecular complexity index is 1100. The topological polar surface area (TPSA) is 80.5 Å². The number of nitrogens with zero attached hydrogens (tertiary/aromatic N) is 3. The Morgan fingerprint density at radius 1 is 1.12 bits per heavy atom. The maximum Gasteiger partial charge on any atom is 0.257 e. The van der Waals surface area contributed by atoms with Crippen molar-refractivity contribution in [3.8, 4) is 5.75 Å². The van der Waals surface area contributed by atoms with Gasteiger partial charge in [0.1, 0.15) is 5.75 Å². The molecule has 0 atom stereocenters. The van der Waals surface area contributed by atoms with E-state index in [9.17, 15) is 4.79 Å². The summed E-state index contributed by atoms with van der Waals surface area (Å²) in [5.74, 6) is 0.862. The van der Waals surface area contributed by atoms with Crippen LogP contribution in [0.25, 0.3) is 0 Å². The van der Waals surface area contributed by atoms with Crippen molar-refractivity contribution in [2.75, 3.05) is 12.4 Å². The third kappa shape index (κ3) is 6.20. The number of aliphatic imine (C=N–C) groups is 1. The van der Waals surface area contributed by atoms with E-state index in [1.165, 1.54) is 0 Å². The lowest BCUT2D eigenvalue weighted by molar-refractivity contribution is 0.0976. The number of aromatic nitrogens is 2. The highest BCUT2D eigenvalue weighted by molar-refractivity contribution is 6.10. The Balaban J connectivity index is 1.85. The molecule has 7 heteroatoms. The van der Waals surface area contributed by atoms with Crippen LogP contribution in [-0.2, 0) is 13.1 Å². The van der Waals surface area contributed by atoms with Crippen LogP contribution in [0, 0.1) is 20.8 Å². The van der Waals surface area contributed by atoms with Gasteiger partial charge in [-0.05, 0) is 51.5 Å². The molecule has 7 nitrogen and oxygen atoms in total. The van der Waals surface area contributed by atoms with E-state index in [-0.39, 0.29) is 5.91 Å². The summed E-state index contributed by atoms with van der Waals surface area (Å²) in [4.78, 5) is 17.6. The van der Waals surface area contributed by atoms with Gasteiger partial charge in [0.25, 0.3) is 5.91 Å². The van der Waals surface area contributed by atoms with E-state index in [0.29, 0.717) is 23.8 Å². The van der Waals surface area contributed by atoms with Crippen LogP contribution in [0.5, 0.6) is 5.75 Å². The van der Waals surface area contributed by atoms with Crippen LogP contribution in [0.15, 0.2) is 53.7 Å². The molecule has 2 N–H and O–H groups in total. The van der Waals surface area contributed by atoms with Gasteiger partial charge in [0.2, 0.25) is 5.96 Å². The number of guanidine groups is 1. The van der Waals surface area contributed by atoms with Gasteiger partial charge in [-0.1, -0.05) is 30.2 Å². The van der Waals surface area contributed by atoms with Gasteiger partial charge in [-0.25, -0.2) is 4.99 Å². The van der Waals surface area contributed by atoms with E-state index in [1.54, 1.807) is 7.11 Å². The molecule has 1 heterocycles. The second-order valence-electron chi connectivity index (χ2n) is 7.86. The lowest BCUT2D eigenvalue weighted by atomic mass is 10.1. The standard InChI is InChI=1S/C25H31N5O2/c1-6-10-30-16-21(19(4)29-30)15-26-25(27-22-8-7-9-23(14-22)32-5)28-24(31)20-12-17(2)11-18(3)13-20/h7-9,11-14,16H,6,10,15H2,1-5H3,(H2,26,27,28,31). The van der Waals surface area contributed by atoms with Crippen molar-refractivity contribution in [3.63, 3.8) is 0 Å². The SMILES string of the molecule is CCCn1cc(CN=C(NC(=O)c2cc(C)cc(C)c2)Nc2cccc(OC)c2)c(C)n1. The first-order chi connectivity index (χ1) is 15.4. The molecule has 168 valence electrons. The molecule has 32 heavy (non-hydrogen) atoms. The number of carbonyl (C=O) groups excluding carboxylic acids is 1. The lowest BCUT2D eigenvalue weighted by Crippen LogP contribution is -2.36. The summed E-state index contributed by atoms with van der Waals surface area (Å²) in [7, 11) is 1.62. The Morgan fingerprint density at radius 3 is 2.56 bits per heavy atom. The number of ether oxygens (including phenoxy) is 1. The minimum atomic E-state index is -0.218. The van der Waals surface area contributed by atoms with Crippen molar-refractivity contribution in [1.82, 2.24) is 15.1 Å². The largest absolute Gasteiger partial charge is 0.497 e. The van der Waals surface area contributed by atoms with Crippen molar-refractivity contribution >= 4 is 17.6 Å². The van der Waals surface area contributed by atoms with E-state index in [4.69, 9.17) is 4.74 Å². The molecule has 0 saturated carbocycles. The molecule has 0 aliphatic heterocycles. The van der Waals surface area contributed by atoms with Crippen LogP contribution in [0.2, 0.25) is 0 Å². The van der Waals surface area contributed by atoms with Gasteiger partial charge in [-0.2, -0.15) is 5.10 Å². The number of amides is 1.